The minimum absolute atomic E-state index is 0.0324. The van der Waals surface area contributed by atoms with Gasteiger partial charge in [-0.1, -0.05) is 45.9 Å². The number of Topliss-reactive ketones (excluding diaryl/α,β-unsaturated/α-hetero) is 3. The van der Waals surface area contributed by atoms with E-state index in [0.29, 0.717) is 0 Å². The van der Waals surface area contributed by atoms with E-state index in [2.05, 4.69) is 0 Å². The van der Waals surface area contributed by atoms with Crippen molar-refractivity contribution in [1.29, 1.82) is 0 Å². The van der Waals surface area contributed by atoms with Crippen LogP contribution < -0.4 is 0 Å². The third-order valence-corrected chi connectivity index (χ3v) is 6.01. The number of ketones is 3. The Morgan fingerprint density at radius 2 is 1.50 bits per heavy atom. The normalized spacial score (nSPS) is 22.9. The summed E-state index contributed by atoms with van der Waals surface area (Å²) in [6.07, 6.45) is 0.596. The monoisotopic (exact) mass is 413 g/mol. The van der Waals surface area contributed by atoms with Gasteiger partial charge in [0.1, 0.15) is 17.3 Å². The first kappa shape index (κ1) is 21.9. The average Bonchev–Trinajstić information content (AvgIpc) is 2.57. The third kappa shape index (κ3) is 4.06. The molecule has 1 fully saturated rings. The summed E-state index contributed by atoms with van der Waals surface area (Å²) >= 11 is 0. The van der Waals surface area contributed by atoms with Crippen LogP contribution in [0.15, 0.2) is 35.6 Å². The molecule has 1 saturated carbocycles. The van der Waals surface area contributed by atoms with E-state index in [4.69, 9.17) is 0 Å². The number of para-hydroxylation sites is 1. The number of benzene rings is 1. The van der Waals surface area contributed by atoms with Crippen molar-refractivity contribution < 1.29 is 24.4 Å². The Morgan fingerprint density at radius 3 is 2.03 bits per heavy atom. The number of allylic oxidation sites excluding steroid dienone is 2. The molecule has 1 aromatic carbocycles. The lowest BCUT2D eigenvalue weighted by Gasteiger charge is -2.38. The third-order valence-electron chi connectivity index (χ3n) is 6.01. The number of hydrogen-bond acceptors (Lipinski definition) is 6. The fourth-order valence-electron chi connectivity index (χ4n) is 4.85. The molecule has 0 aliphatic heterocycles. The Labute approximate surface area is 175 Å². The molecule has 7 heteroatoms. The van der Waals surface area contributed by atoms with Crippen LogP contribution in [0, 0.1) is 26.9 Å². The number of aliphatic hydroxyl groups excluding tert-OH is 1. The zero-order valence-corrected chi connectivity index (χ0v) is 17.7. The Kier molecular flexibility index (Phi) is 5.43. The lowest BCUT2D eigenvalue weighted by molar-refractivity contribution is -0.385. The molecule has 0 heterocycles. The fraction of sp³-hybridized carbons (Fsp3) is 0.522. The van der Waals surface area contributed by atoms with E-state index in [0.717, 1.165) is 0 Å². The van der Waals surface area contributed by atoms with E-state index >= 15 is 0 Å². The van der Waals surface area contributed by atoms with Crippen LogP contribution in [0.4, 0.5) is 5.69 Å². The molecule has 1 N–H and O–H groups in total. The van der Waals surface area contributed by atoms with Gasteiger partial charge in [-0.25, -0.2) is 0 Å². The van der Waals surface area contributed by atoms with E-state index in [1.54, 1.807) is 6.07 Å². The van der Waals surface area contributed by atoms with Gasteiger partial charge in [0.05, 0.1) is 10.8 Å². The highest BCUT2D eigenvalue weighted by molar-refractivity contribution is 6.09. The van der Waals surface area contributed by atoms with Gasteiger partial charge in [-0.05, 0) is 10.8 Å². The summed E-state index contributed by atoms with van der Waals surface area (Å²) in [5, 5.41) is 22.5. The molecule has 7 nitrogen and oxygen atoms in total. The molecule has 0 radical (unpaired) electrons. The van der Waals surface area contributed by atoms with Crippen LogP contribution in [-0.2, 0) is 14.4 Å². The van der Waals surface area contributed by atoms with Crippen LogP contribution in [-0.4, -0.2) is 27.4 Å². The lowest BCUT2D eigenvalue weighted by atomic mass is 9.62. The highest BCUT2D eigenvalue weighted by Crippen LogP contribution is 2.48. The van der Waals surface area contributed by atoms with Crippen LogP contribution in [0.3, 0.4) is 0 Å². The minimum atomic E-state index is -1.22. The van der Waals surface area contributed by atoms with Gasteiger partial charge in [0.2, 0.25) is 0 Å². The zero-order chi connectivity index (χ0) is 22.4. The van der Waals surface area contributed by atoms with Crippen molar-refractivity contribution in [2.45, 2.75) is 59.3 Å². The minimum Gasteiger partial charge on any atom is -0.512 e. The number of nitro benzene ring substituents is 1. The summed E-state index contributed by atoms with van der Waals surface area (Å²) in [6.45, 7) is 7.34. The molecule has 1 aromatic rings. The van der Waals surface area contributed by atoms with Crippen molar-refractivity contribution in [3.8, 4) is 0 Å². The first-order valence-electron chi connectivity index (χ1n) is 10.1. The predicted octanol–water partition coefficient (Wildman–Crippen LogP) is 4.45. The number of aliphatic hydroxyl groups is 1. The van der Waals surface area contributed by atoms with E-state index in [-0.39, 0.29) is 65.6 Å². The summed E-state index contributed by atoms with van der Waals surface area (Å²) in [4.78, 5) is 50.4. The van der Waals surface area contributed by atoms with E-state index < -0.39 is 27.6 Å². The highest BCUT2D eigenvalue weighted by atomic mass is 16.6. The van der Waals surface area contributed by atoms with Gasteiger partial charge in [-0.15, -0.1) is 0 Å². The van der Waals surface area contributed by atoms with E-state index in [1.165, 1.54) is 18.2 Å². The number of hydrogen-bond donors (Lipinski definition) is 1. The maximum absolute atomic E-state index is 13.1. The molecule has 0 amide bonds. The molecule has 0 unspecified atom stereocenters. The Bertz CT molecular complexity index is 952. The summed E-state index contributed by atoms with van der Waals surface area (Å²) < 4.78 is 0. The van der Waals surface area contributed by atoms with Crippen molar-refractivity contribution in [3.05, 3.63) is 51.3 Å². The number of carbonyl (C=O) groups is 3. The second kappa shape index (κ2) is 7.45. The topological polar surface area (TPSA) is 115 Å². The van der Waals surface area contributed by atoms with Crippen LogP contribution in [0.5, 0.6) is 0 Å². The van der Waals surface area contributed by atoms with Crippen molar-refractivity contribution in [2.75, 3.05) is 0 Å². The largest absolute Gasteiger partial charge is 0.512 e. The van der Waals surface area contributed by atoms with Crippen LogP contribution in [0.1, 0.15) is 64.9 Å². The molecule has 2 aliphatic rings. The Hall–Kier alpha value is -2.83. The molecule has 1 atom stereocenters. The molecule has 30 heavy (non-hydrogen) atoms. The standard InChI is InChI=1S/C23H27NO6/c1-22(2)9-15(25)20(16(26)10-22)19(13-7-5-6-8-14(13)24(29)30)21-17(27)11-23(3,4)12-18(21)28/h5-8,19-20,27H,9-12H2,1-4H3/t19-/m0/s1. The van der Waals surface area contributed by atoms with Gasteiger partial charge in [0, 0.05) is 48.8 Å². The van der Waals surface area contributed by atoms with Gasteiger partial charge < -0.3 is 5.11 Å². The van der Waals surface area contributed by atoms with Gasteiger partial charge in [0.15, 0.2) is 5.78 Å². The highest BCUT2D eigenvalue weighted by Gasteiger charge is 2.49. The molecule has 0 aromatic heterocycles. The second-order valence-corrected chi connectivity index (χ2v) is 10.0. The first-order chi connectivity index (χ1) is 13.8. The fourth-order valence-corrected chi connectivity index (χ4v) is 4.85. The van der Waals surface area contributed by atoms with Crippen molar-refractivity contribution in [1.82, 2.24) is 0 Å². The Balaban J connectivity index is 2.24. The first-order valence-corrected chi connectivity index (χ1v) is 10.1. The van der Waals surface area contributed by atoms with Gasteiger partial charge >= 0.3 is 0 Å². The molecule has 0 saturated heterocycles. The van der Waals surface area contributed by atoms with Gasteiger partial charge in [-0.3, -0.25) is 24.5 Å². The van der Waals surface area contributed by atoms with E-state index in [1.807, 2.05) is 27.7 Å². The molecular weight excluding hydrogens is 386 g/mol. The van der Waals surface area contributed by atoms with Crippen LogP contribution in [0.2, 0.25) is 0 Å². The van der Waals surface area contributed by atoms with Crippen LogP contribution in [0.25, 0.3) is 0 Å². The van der Waals surface area contributed by atoms with Crippen molar-refractivity contribution in [3.63, 3.8) is 0 Å². The molecule has 3 rings (SSSR count). The quantitative estimate of drug-likeness (QED) is 0.443. The molecular formula is C23H27NO6. The van der Waals surface area contributed by atoms with Gasteiger partial charge in [0.25, 0.3) is 5.69 Å². The number of carbonyl (C=O) groups excluding carboxylic acids is 3. The summed E-state index contributed by atoms with van der Waals surface area (Å²) in [7, 11) is 0. The Morgan fingerprint density at radius 1 is 0.967 bits per heavy atom. The number of rotatable bonds is 4. The summed E-state index contributed by atoms with van der Waals surface area (Å²) in [5.41, 5.74) is -1.17. The predicted molar refractivity (Wildman–Crippen MR) is 110 cm³/mol. The van der Waals surface area contributed by atoms with Crippen LogP contribution >= 0.6 is 0 Å². The maximum Gasteiger partial charge on any atom is 0.273 e. The van der Waals surface area contributed by atoms with Gasteiger partial charge in [-0.2, -0.15) is 0 Å². The second-order valence-electron chi connectivity index (χ2n) is 10.0. The summed E-state index contributed by atoms with van der Waals surface area (Å²) in [5.74, 6) is -3.65. The number of nitrogens with zero attached hydrogens (tertiary/aromatic N) is 1. The lowest BCUT2D eigenvalue weighted by Crippen LogP contribution is -2.43. The SMILES string of the molecule is CC1(C)CC(=O)C([C@@H](C2=C(O)CC(C)(C)CC2=O)c2ccccc2[N+](=O)[O-])C(=O)C1. The summed E-state index contributed by atoms with van der Waals surface area (Å²) in [6, 6.07) is 5.83. The molecule has 0 spiro atoms. The van der Waals surface area contributed by atoms with Crippen molar-refractivity contribution >= 4 is 23.0 Å². The molecule has 2 aliphatic carbocycles. The smallest absolute Gasteiger partial charge is 0.273 e. The van der Waals surface area contributed by atoms with Crippen molar-refractivity contribution in [2.24, 2.45) is 16.7 Å². The molecule has 160 valence electrons. The zero-order valence-electron chi connectivity index (χ0n) is 17.7. The molecule has 0 bridgehead atoms. The number of nitro groups is 1. The van der Waals surface area contributed by atoms with E-state index in [9.17, 15) is 29.6 Å². The average molecular weight is 413 g/mol. The maximum atomic E-state index is 13.1.